The number of anilines is 1. The van der Waals surface area contributed by atoms with Gasteiger partial charge in [0.05, 0.1) is 28.9 Å². The molecule has 29 heavy (non-hydrogen) atoms. The number of methoxy groups -OCH3 is 1. The molecule has 0 unspecified atom stereocenters. The van der Waals surface area contributed by atoms with E-state index < -0.39 is 10.0 Å². The SMILES string of the molecule is COc1ccc(S(=O)(=O)N(C)C)cc1NC(=O)c1cc(C2CC2)nn1C(C)(C)C. The molecule has 2 aromatic rings. The van der Waals surface area contributed by atoms with Crippen LogP contribution in [-0.4, -0.2) is 49.6 Å². The van der Waals surface area contributed by atoms with Gasteiger partial charge in [-0.05, 0) is 57.9 Å². The van der Waals surface area contributed by atoms with Gasteiger partial charge in [-0.2, -0.15) is 5.10 Å². The number of carbonyl (C=O) groups excluding carboxylic acids is 1. The quantitative estimate of drug-likeness (QED) is 0.775. The van der Waals surface area contributed by atoms with Crippen LogP contribution in [0.25, 0.3) is 0 Å². The number of hydrogen-bond acceptors (Lipinski definition) is 5. The van der Waals surface area contributed by atoms with Gasteiger partial charge in [0.15, 0.2) is 0 Å². The largest absolute Gasteiger partial charge is 0.495 e. The van der Waals surface area contributed by atoms with Gasteiger partial charge < -0.3 is 10.1 Å². The minimum absolute atomic E-state index is 0.0709. The number of amides is 1. The highest BCUT2D eigenvalue weighted by Gasteiger charge is 2.31. The lowest BCUT2D eigenvalue weighted by atomic mass is 10.1. The maximum absolute atomic E-state index is 13.1. The highest BCUT2D eigenvalue weighted by molar-refractivity contribution is 7.89. The van der Waals surface area contributed by atoms with Crippen molar-refractivity contribution in [1.82, 2.24) is 14.1 Å². The van der Waals surface area contributed by atoms with Gasteiger partial charge in [0.25, 0.3) is 5.91 Å². The zero-order valence-electron chi connectivity index (χ0n) is 17.7. The summed E-state index contributed by atoms with van der Waals surface area (Å²) in [4.78, 5) is 13.2. The average Bonchev–Trinajstić information content (AvgIpc) is 3.38. The Balaban J connectivity index is 1.99. The van der Waals surface area contributed by atoms with Crippen molar-refractivity contribution in [3.05, 3.63) is 35.7 Å². The first-order chi connectivity index (χ1) is 13.4. The third-order valence-electron chi connectivity index (χ3n) is 4.79. The fraction of sp³-hybridized carbons (Fsp3) is 0.500. The fourth-order valence-corrected chi connectivity index (χ4v) is 3.92. The van der Waals surface area contributed by atoms with Crippen molar-refractivity contribution in [3.63, 3.8) is 0 Å². The molecule has 1 amide bonds. The highest BCUT2D eigenvalue weighted by Crippen LogP contribution is 2.40. The Morgan fingerprint density at radius 1 is 1.24 bits per heavy atom. The second-order valence-corrected chi connectivity index (χ2v) is 10.6. The maximum atomic E-state index is 13.1. The molecule has 0 saturated heterocycles. The molecule has 0 atom stereocenters. The van der Waals surface area contributed by atoms with E-state index in [1.807, 2.05) is 26.8 Å². The van der Waals surface area contributed by atoms with Gasteiger partial charge in [-0.15, -0.1) is 0 Å². The van der Waals surface area contributed by atoms with Crippen LogP contribution in [0.3, 0.4) is 0 Å². The van der Waals surface area contributed by atoms with Crippen molar-refractivity contribution >= 4 is 21.6 Å². The molecule has 0 bridgehead atoms. The summed E-state index contributed by atoms with van der Waals surface area (Å²) >= 11 is 0. The number of hydrogen-bond donors (Lipinski definition) is 1. The summed E-state index contributed by atoms with van der Waals surface area (Å²) in [6, 6.07) is 6.22. The Kier molecular flexibility index (Phi) is 5.48. The number of rotatable bonds is 6. The molecule has 1 aliphatic carbocycles. The van der Waals surface area contributed by atoms with Crippen molar-refractivity contribution in [1.29, 1.82) is 0 Å². The molecule has 1 aromatic heterocycles. The van der Waals surface area contributed by atoms with Crippen molar-refractivity contribution in [3.8, 4) is 5.75 Å². The van der Waals surface area contributed by atoms with Crippen LogP contribution in [0.15, 0.2) is 29.2 Å². The number of sulfonamides is 1. The summed E-state index contributed by atoms with van der Waals surface area (Å²) in [5.74, 6) is 0.422. The number of benzene rings is 1. The first-order valence-electron chi connectivity index (χ1n) is 9.47. The molecule has 1 fully saturated rings. The summed E-state index contributed by atoms with van der Waals surface area (Å²) in [5, 5.41) is 7.46. The Hall–Kier alpha value is -2.39. The maximum Gasteiger partial charge on any atom is 0.274 e. The number of ether oxygens (including phenoxy) is 1. The van der Waals surface area contributed by atoms with E-state index in [4.69, 9.17) is 4.74 Å². The Labute approximate surface area is 171 Å². The fourth-order valence-electron chi connectivity index (χ4n) is 2.99. The summed E-state index contributed by atoms with van der Waals surface area (Å²) < 4.78 is 33.1. The predicted octanol–water partition coefficient (Wildman–Crippen LogP) is 3.03. The zero-order chi connectivity index (χ0) is 21.6. The van der Waals surface area contributed by atoms with E-state index in [1.165, 1.54) is 39.4 Å². The monoisotopic (exact) mass is 420 g/mol. The van der Waals surface area contributed by atoms with E-state index in [9.17, 15) is 13.2 Å². The Morgan fingerprint density at radius 2 is 1.90 bits per heavy atom. The van der Waals surface area contributed by atoms with Gasteiger partial charge in [-0.3, -0.25) is 9.48 Å². The van der Waals surface area contributed by atoms with Crippen LogP contribution in [0.2, 0.25) is 0 Å². The molecule has 0 aliphatic heterocycles. The smallest absolute Gasteiger partial charge is 0.274 e. The third-order valence-corrected chi connectivity index (χ3v) is 6.60. The standard InChI is InChI=1S/C20H28N4O4S/c1-20(2,3)24-17(12-15(22-24)13-7-8-13)19(25)21-16-11-14(9-10-18(16)28-6)29(26,27)23(4)5/h9-13H,7-8H2,1-6H3,(H,21,25). The third kappa shape index (κ3) is 4.30. The lowest BCUT2D eigenvalue weighted by Crippen LogP contribution is -2.29. The molecule has 9 heteroatoms. The van der Waals surface area contributed by atoms with E-state index in [-0.39, 0.29) is 22.0 Å². The van der Waals surface area contributed by atoms with Crippen molar-refractivity contribution in [2.24, 2.45) is 0 Å². The summed E-state index contributed by atoms with van der Waals surface area (Å²) in [5.41, 5.74) is 1.26. The van der Waals surface area contributed by atoms with Gasteiger partial charge in [-0.1, -0.05) is 0 Å². The molecule has 1 aliphatic rings. The van der Waals surface area contributed by atoms with Crippen molar-refractivity contribution < 1.29 is 17.9 Å². The van der Waals surface area contributed by atoms with Crippen molar-refractivity contribution in [2.45, 2.75) is 50.0 Å². The number of nitrogens with one attached hydrogen (secondary N) is 1. The lowest BCUT2D eigenvalue weighted by Gasteiger charge is -2.22. The summed E-state index contributed by atoms with van der Waals surface area (Å²) in [6.07, 6.45) is 2.17. The molecule has 1 aromatic carbocycles. The van der Waals surface area contributed by atoms with Gasteiger partial charge in [0.2, 0.25) is 10.0 Å². The van der Waals surface area contributed by atoms with Crippen molar-refractivity contribution in [2.75, 3.05) is 26.5 Å². The predicted molar refractivity (Wildman–Crippen MR) is 111 cm³/mol. The van der Waals surface area contributed by atoms with Crippen LogP contribution in [0, 0.1) is 0 Å². The van der Waals surface area contributed by atoms with Crippen LogP contribution in [-0.2, 0) is 15.6 Å². The van der Waals surface area contributed by atoms with Crippen LogP contribution < -0.4 is 10.1 Å². The molecular formula is C20H28N4O4S. The molecule has 8 nitrogen and oxygen atoms in total. The average molecular weight is 421 g/mol. The first-order valence-corrected chi connectivity index (χ1v) is 10.9. The molecule has 0 radical (unpaired) electrons. The Morgan fingerprint density at radius 3 is 2.41 bits per heavy atom. The van der Waals surface area contributed by atoms with E-state index in [1.54, 1.807) is 4.68 Å². The van der Waals surface area contributed by atoms with E-state index in [0.29, 0.717) is 17.4 Å². The normalized spacial score (nSPS) is 14.9. The second kappa shape index (κ2) is 7.46. The van der Waals surface area contributed by atoms with E-state index in [0.717, 1.165) is 22.8 Å². The second-order valence-electron chi connectivity index (χ2n) is 8.41. The van der Waals surface area contributed by atoms with E-state index in [2.05, 4.69) is 10.4 Å². The van der Waals surface area contributed by atoms with Gasteiger partial charge in [0, 0.05) is 20.0 Å². The minimum atomic E-state index is -3.65. The molecule has 1 saturated carbocycles. The molecule has 0 spiro atoms. The van der Waals surface area contributed by atoms with Crippen LogP contribution >= 0.6 is 0 Å². The topological polar surface area (TPSA) is 93.5 Å². The molecule has 158 valence electrons. The van der Waals surface area contributed by atoms with Gasteiger partial charge in [-0.25, -0.2) is 12.7 Å². The number of carbonyl (C=O) groups is 1. The molecular weight excluding hydrogens is 392 g/mol. The number of aromatic nitrogens is 2. The van der Waals surface area contributed by atoms with Crippen LogP contribution in [0.4, 0.5) is 5.69 Å². The molecule has 1 heterocycles. The minimum Gasteiger partial charge on any atom is -0.495 e. The van der Waals surface area contributed by atoms with Gasteiger partial charge >= 0.3 is 0 Å². The van der Waals surface area contributed by atoms with Gasteiger partial charge in [0.1, 0.15) is 11.4 Å². The lowest BCUT2D eigenvalue weighted by molar-refractivity contribution is 0.100. The summed E-state index contributed by atoms with van der Waals surface area (Å²) in [7, 11) is 0.737. The first kappa shape index (κ1) is 21.3. The zero-order valence-corrected chi connectivity index (χ0v) is 18.5. The summed E-state index contributed by atoms with van der Waals surface area (Å²) in [6.45, 7) is 5.95. The molecule has 1 N–H and O–H groups in total. The van der Waals surface area contributed by atoms with Crippen LogP contribution in [0.5, 0.6) is 5.75 Å². The highest BCUT2D eigenvalue weighted by atomic mass is 32.2. The number of nitrogens with zero attached hydrogens (tertiary/aromatic N) is 3. The van der Waals surface area contributed by atoms with E-state index >= 15 is 0 Å². The molecule has 3 rings (SSSR count). The Bertz CT molecular complexity index is 1030. The van der Waals surface area contributed by atoms with Crippen LogP contribution in [0.1, 0.15) is 55.7 Å².